The van der Waals surface area contributed by atoms with Crippen LogP contribution in [0.3, 0.4) is 0 Å². The topological polar surface area (TPSA) is 76.9 Å². The van der Waals surface area contributed by atoms with Crippen LogP contribution in [0.25, 0.3) is 0 Å². The first-order chi connectivity index (χ1) is 12.6. The number of nitrogens with one attached hydrogen (secondary N) is 1. The molecule has 0 unspecified atom stereocenters. The number of halogens is 2. The molecule has 3 rings (SSSR count). The van der Waals surface area contributed by atoms with Gasteiger partial charge in [-0.15, -0.1) is 24.0 Å². The predicted molar refractivity (Wildman–Crippen MR) is 117 cm³/mol. The molecule has 0 atom stereocenters. The summed E-state index contributed by atoms with van der Waals surface area (Å²) in [6, 6.07) is 4.38. The van der Waals surface area contributed by atoms with Gasteiger partial charge in [-0.1, -0.05) is 13.0 Å². The molecule has 2 aromatic rings. The lowest BCUT2D eigenvalue weighted by Crippen LogP contribution is -2.52. The highest BCUT2D eigenvalue weighted by Crippen LogP contribution is 2.19. The Hall–Kier alpha value is -1.69. The van der Waals surface area contributed by atoms with Crippen molar-refractivity contribution < 1.29 is 9.50 Å². The SMILES string of the molecule is CCc1nsc(N2CCN(C(=NC)NCc3ccc(O)c(F)c3)CC2)n1.I. The second-order valence-corrected chi connectivity index (χ2v) is 6.74. The van der Waals surface area contributed by atoms with Crippen molar-refractivity contribution >= 4 is 46.6 Å². The molecule has 1 aromatic heterocycles. The zero-order valence-corrected chi connectivity index (χ0v) is 18.5. The van der Waals surface area contributed by atoms with Gasteiger partial charge in [-0.3, -0.25) is 4.99 Å². The standard InChI is InChI=1S/C17H23FN6OS.HI/c1-3-15-21-17(26-22-15)24-8-6-23(7-9-24)16(19-2)20-11-12-4-5-14(25)13(18)10-12;/h4-5,10,25H,3,6-9,11H2,1-2H3,(H,19,20);1H. The van der Waals surface area contributed by atoms with Gasteiger partial charge in [0.25, 0.3) is 0 Å². The van der Waals surface area contributed by atoms with E-state index in [0.717, 1.165) is 55.1 Å². The number of aromatic nitrogens is 2. The van der Waals surface area contributed by atoms with Crippen molar-refractivity contribution in [3.05, 3.63) is 35.4 Å². The molecule has 1 aromatic carbocycles. The molecule has 27 heavy (non-hydrogen) atoms. The quantitative estimate of drug-likeness (QED) is 0.377. The predicted octanol–water partition coefficient (Wildman–Crippen LogP) is 2.46. The van der Waals surface area contributed by atoms with Gasteiger partial charge in [0.05, 0.1) is 0 Å². The number of guanidine groups is 1. The Morgan fingerprint density at radius 3 is 2.67 bits per heavy atom. The van der Waals surface area contributed by atoms with E-state index in [1.807, 2.05) is 0 Å². The number of phenolic OH excluding ortho intramolecular Hbond substituents is 1. The summed E-state index contributed by atoms with van der Waals surface area (Å²) in [6.07, 6.45) is 0.852. The highest BCUT2D eigenvalue weighted by atomic mass is 127. The van der Waals surface area contributed by atoms with Crippen LogP contribution in [0, 0.1) is 5.82 Å². The first-order valence-corrected chi connectivity index (χ1v) is 9.38. The van der Waals surface area contributed by atoms with Crippen molar-refractivity contribution in [2.24, 2.45) is 4.99 Å². The van der Waals surface area contributed by atoms with E-state index < -0.39 is 5.82 Å². The Morgan fingerprint density at radius 2 is 2.07 bits per heavy atom. The van der Waals surface area contributed by atoms with E-state index in [9.17, 15) is 9.50 Å². The summed E-state index contributed by atoms with van der Waals surface area (Å²) in [5.41, 5.74) is 0.751. The number of piperazine rings is 1. The number of hydrogen-bond donors (Lipinski definition) is 2. The maximum Gasteiger partial charge on any atom is 0.205 e. The zero-order chi connectivity index (χ0) is 18.5. The van der Waals surface area contributed by atoms with Crippen LogP contribution in [0.15, 0.2) is 23.2 Å². The number of nitrogens with zero attached hydrogens (tertiary/aromatic N) is 5. The Morgan fingerprint density at radius 1 is 1.33 bits per heavy atom. The lowest BCUT2D eigenvalue weighted by atomic mass is 10.2. The van der Waals surface area contributed by atoms with Gasteiger partial charge in [-0.05, 0) is 17.7 Å². The number of benzene rings is 1. The van der Waals surface area contributed by atoms with Gasteiger partial charge in [0.15, 0.2) is 17.5 Å². The summed E-state index contributed by atoms with van der Waals surface area (Å²) in [7, 11) is 1.74. The van der Waals surface area contributed by atoms with Crippen LogP contribution in [0.4, 0.5) is 9.52 Å². The molecule has 1 saturated heterocycles. The average Bonchev–Trinajstić information content (AvgIpc) is 3.15. The molecule has 0 bridgehead atoms. The lowest BCUT2D eigenvalue weighted by Gasteiger charge is -2.36. The van der Waals surface area contributed by atoms with Gasteiger partial charge in [-0.25, -0.2) is 9.37 Å². The Bertz CT molecular complexity index is 779. The largest absolute Gasteiger partial charge is 0.505 e. The fourth-order valence-corrected chi connectivity index (χ4v) is 3.60. The van der Waals surface area contributed by atoms with Crippen LogP contribution < -0.4 is 10.2 Å². The maximum atomic E-state index is 13.4. The van der Waals surface area contributed by atoms with Gasteiger partial charge in [-0.2, -0.15) is 4.37 Å². The minimum atomic E-state index is -0.614. The molecule has 148 valence electrons. The number of anilines is 1. The third-order valence-electron chi connectivity index (χ3n) is 4.30. The zero-order valence-electron chi connectivity index (χ0n) is 15.4. The van der Waals surface area contributed by atoms with Crippen molar-refractivity contribution in [2.45, 2.75) is 19.9 Å². The number of aromatic hydroxyl groups is 1. The van der Waals surface area contributed by atoms with E-state index in [-0.39, 0.29) is 29.7 Å². The highest BCUT2D eigenvalue weighted by molar-refractivity contribution is 14.0. The number of aliphatic imine (C=N–C) groups is 1. The van der Waals surface area contributed by atoms with E-state index in [1.54, 1.807) is 13.1 Å². The summed E-state index contributed by atoms with van der Waals surface area (Å²) in [4.78, 5) is 13.3. The number of aryl methyl sites for hydroxylation is 1. The first-order valence-electron chi connectivity index (χ1n) is 8.61. The Kier molecular flexibility index (Phi) is 8.02. The molecule has 1 aliphatic heterocycles. The average molecular weight is 506 g/mol. The van der Waals surface area contributed by atoms with E-state index in [2.05, 4.69) is 36.4 Å². The molecule has 2 N–H and O–H groups in total. The Labute approximate surface area is 179 Å². The minimum absolute atomic E-state index is 0. The van der Waals surface area contributed by atoms with Crippen LogP contribution in [0.1, 0.15) is 18.3 Å². The molecule has 0 spiro atoms. The Balaban J connectivity index is 0.00000261. The van der Waals surface area contributed by atoms with Crippen molar-refractivity contribution in [1.29, 1.82) is 0 Å². The number of hydrogen-bond acceptors (Lipinski definition) is 6. The smallest absolute Gasteiger partial charge is 0.205 e. The van der Waals surface area contributed by atoms with Crippen molar-refractivity contribution in [3.63, 3.8) is 0 Å². The fraction of sp³-hybridized carbons (Fsp3) is 0.471. The number of phenols is 1. The molecule has 10 heteroatoms. The molecule has 1 fully saturated rings. The summed E-state index contributed by atoms with van der Waals surface area (Å²) in [6.45, 7) is 5.86. The third kappa shape index (κ3) is 5.41. The summed E-state index contributed by atoms with van der Waals surface area (Å²) in [5, 5.41) is 13.5. The van der Waals surface area contributed by atoms with Crippen LogP contribution in [-0.4, -0.2) is 58.6 Å². The minimum Gasteiger partial charge on any atom is -0.505 e. The molecule has 0 radical (unpaired) electrons. The van der Waals surface area contributed by atoms with Gasteiger partial charge in [0, 0.05) is 57.7 Å². The first kappa shape index (κ1) is 21.6. The van der Waals surface area contributed by atoms with Crippen molar-refractivity contribution in [3.8, 4) is 5.75 Å². The van der Waals surface area contributed by atoms with Crippen molar-refractivity contribution in [1.82, 2.24) is 19.6 Å². The lowest BCUT2D eigenvalue weighted by molar-refractivity contribution is 0.372. The molecule has 1 aliphatic rings. The van der Waals surface area contributed by atoms with Crippen LogP contribution in [-0.2, 0) is 13.0 Å². The summed E-state index contributed by atoms with van der Waals surface area (Å²) < 4.78 is 17.8. The third-order valence-corrected chi connectivity index (χ3v) is 5.11. The maximum absolute atomic E-state index is 13.4. The molecule has 2 heterocycles. The second kappa shape index (κ2) is 10.0. The molecular weight excluding hydrogens is 482 g/mol. The number of rotatable bonds is 4. The van der Waals surface area contributed by atoms with Crippen LogP contribution >= 0.6 is 35.5 Å². The van der Waals surface area contributed by atoms with Gasteiger partial charge in [0.1, 0.15) is 5.82 Å². The molecule has 0 saturated carbocycles. The van der Waals surface area contributed by atoms with Crippen LogP contribution in [0.2, 0.25) is 0 Å². The summed E-state index contributed by atoms with van der Waals surface area (Å²) >= 11 is 1.45. The van der Waals surface area contributed by atoms with E-state index in [0.29, 0.717) is 6.54 Å². The van der Waals surface area contributed by atoms with E-state index >= 15 is 0 Å². The molecule has 7 nitrogen and oxygen atoms in total. The highest BCUT2D eigenvalue weighted by Gasteiger charge is 2.22. The van der Waals surface area contributed by atoms with E-state index in [4.69, 9.17) is 0 Å². The van der Waals surface area contributed by atoms with Gasteiger partial charge in [0.2, 0.25) is 5.13 Å². The van der Waals surface area contributed by atoms with Crippen molar-refractivity contribution in [2.75, 3.05) is 38.1 Å². The monoisotopic (exact) mass is 506 g/mol. The molecule has 0 aliphatic carbocycles. The van der Waals surface area contributed by atoms with E-state index in [1.165, 1.54) is 23.7 Å². The fourth-order valence-electron chi connectivity index (χ4n) is 2.80. The van der Waals surface area contributed by atoms with Gasteiger partial charge < -0.3 is 20.2 Å². The van der Waals surface area contributed by atoms with Gasteiger partial charge >= 0.3 is 0 Å². The normalized spacial score (nSPS) is 14.9. The second-order valence-electron chi connectivity index (χ2n) is 6.01. The molecular formula is C17H24FIN6OS. The molecule has 0 amide bonds. The summed E-state index contributed by atoms with van der Waals surface area (Å²) in [5.74, 6) is 0.726. The van der Waals surface area contributed by atoms with Crippen LogP contribution in [0.5, 0.6) is 5.75 Å².